The lowest BCUT2D eigenvalue weighted by Gasteiger charge is -2.39. The zero-order valence-electron chi connectivity index (χ0n) is 15.2. The van der Waals surface area contributed by atoms with Gasteiger partial charge in [0.2, 0.25) is 0 Å². The highest BCUT2D eigenvalue weighted by Crippen LogP contribution is 2.50. The van der Waals surface area contributed by atoms with Crippen molar-refractivity contribution in [3.8, 4) is 5.75 Å². The van der Waals surface area contributed by atoms with Crippen LogP contribution in [0, 0.1) is 11.3 Å². The van der Waals surface area contributed by atoms with E-state index in [-0.39, 0.29) is 5.78 Å². The zero-order chi connectivity index (χ0) is 19.8. The number of hydrogen-bond donors (Lipinski definition) is 0. The molecule has 3 rings (SSSR count). The standard InChI is InChI=1S/C21H19BrO5/c1-21(2,20(25)26-3)17-14-11-13(22)9-10-15(14)27-19(24)16(17)18(23)12-7-5-4-6-8-12/h4-11,16-17H,1-3H3/t16-,17+/m1/s1. The van der Waals surface area contributed by atoms with E-state index in [9.17, 15) is 14.4 Å². The molecule has 2 aromatic rings. The van der Waals surface area contributed by atoms with Gasteiger partial charge in [-0.25, -0.2) is 0 Å². The Kier molecular flexibility index (Phi) is 5.20. The van der Waals surface area contributed by atoms with Crippen molar-refractivity contribution in [3.05, 3.63) is 64.1 Å². The molecule has 27 heavy (non-hydrogen) atoms. The molecule has 1 aliphatic heterocycles. The van der Waals surface area contributed by atoms with E-state index in [1.807, 2.05) is 0 Å². The molecule has 1 heterocycles. The third kappa shape index (κ3) is 3.41. The fourth-order valence-electron chi connectivity index (χ4n) is 3.58. The Bertz CT molecular complexity index is 904. The van der Waals surface area contributed by atoms with Crippen LogP contribution in [0.2, 0.25) is 0 Å². The Labute approximate surface area is 165 Å². The van der Waals surface area contributed by atoms with Crippen LogP contribution in [0.15, 0.2) is 53.0 Å². The van der Waals surface area contributed by atoms with E-state index in [1.54, 1.807) is 62.4 Å². The molecule has 6 heteroatoms. The monoisotopic (exact) mass is 430 g/mol. The first-order valence-corrected chi connectivity index (χ1v) is 9.25. The van der Waals surface area contributed by atoms with Gasteiger partial charge in [0.25, 0.3) is 0 Å². The maximum Gasteiger partial charge on any atom is 0.322 e. The molecule has 0 aromatic heterocycles. The molecule has 0 spiro atoms. The third-order valence-corrected chi connectivity index (χ3v) is 5.43. The SMILES string of the molecule is COC(=O)C(C)(C)[C@H]1c2cc(Br)ccc2OC(=O)[C@H]1C(=O)c1ccccc1. The van der Waals surface area contributed by atoms with Crippen molar-refractivity contribution in [1.29, 1.82) is 0 Å². The maximum atomic E-state index is 13.2. The minimum absolute atomic E-state index is 0.349. The summed E-state index contributed by atoms with van der Waals surface area (Å²) in [6.45, 7) is 3.36. The summed E-state index contributed by atoms with van der Waals surface area (Å²) in [5, 5.41) is 0. The number of halogens is 1. The predicted octanol–water partition coefficient (Wildman–Crippen LogP) is 4.15. The fraction of sp³-hybridized carbons (Fsp3) is 0.286. The second-order valence-electron chi connectivity index (χ2n) is 7.00. The normalized spacial score (nSPS) is 19.0. The zero-order valence-corrected chi connectivity index (χ0v) is 16.8. The number of benzene rings is 2. The number of carbonyl (C=O) groups is 3. The second kappa shape index (κ2) is 7.27. The van der Waals surface area contributed by atoms with E-state index >= 15 is 0 Å². The average molecular weight is 431 g/mol. The highest BCUT2D eigenvalue weighted by Gasteiger charge is 2.53. The highest BCUT2D eigenvalue weighted by molar-refractivity contribution is 9.10. The second-order valence-corrected chi connectivity index (χ2v) is 7.92. The van der Waals surface area contributed by atoms with Crippen LogP contribution < -0.4 is 4.74 Å². The summed E-state index contributed by atoms with van der Waals surface area (Å²) < 4.78 is 11.2. The fourth-order valence-corrected chi connectivity index (χ4v) is 3.96. The van der Waals surface area contributed by atoms with E-state index in [2.05, 4.69) is 15.9 Å². The molecule has 0 N–H and O–H groups in total. The quantitative estimate of drug-likeness (QED) is 0.315. The Morgan fingerprint density at radius 3 is 2.41 bits per heavy atom. The predicted molar refractivity (Wildman–Crippen MR) is 103 cm³/mol. The molecule has 0 saturated heterocycles. The Hall–Kier alpha value is -2.47. The van der Waals surface area contributed by atoms with Crippen molar-refractivity contribution < 1.29 is 23.9 Å². The molecule has 0 bridgehead atoms. The molecule has 2 atom stereocenters. The number of ketones is 1. The van der Waals surface area contributed by atoms with Crippen LogP contribution in [0.25, 0.3) is 0 Å². The van der Waals surface area contributed by atoms with E-state index in [0.29, 0.717) is 16.9 Å². The lowest BCUT2D eigenvalue weighted by atomic mass is 9.65. The molecular formula is C21H19BrO5. The molecule has 0 saturated carbocycles. The van der Waals surface area contributed by atoms with Gasteiger partial charge in [-0.05, 0) is 32.0 Å². The number of ether oxygens (including phenoxy) is 2. The lowest BCUT2D eigenvalue weighted by molar-refractivity contribution is -0.154. The molecular weight excluding hydrogens is 412 g/mol. The minimum Gasteiger partial charge on any atom is -0.469 e. The number of carbonyl (C=O) groups excluding carboxylic acids is 3. The largest absolute Gasteiger partial charge is 0.469 e. The first-order valence-electron chi connectivity index (χ1n) is 8.46. The van der Waals surface area contributed by atoms with E-state index in [1.165, 1.54) is 7.11 Å². The topological polar surface area (TPSA) is 69.7 Å². The Balaban J connectivity index is 2.20. The van der Waals surface area contributed by atoms with E-state index in [4.69, 9.17) is 9.47 Å². The molecule has 0 aliphatic carbocycles. The van der Waals surface area contributed by atoms with Gasteiger partial charge in [-0.2, -0.15) is 0 Å². The third-order valence-electron chi connectivity index (χ3n) is 4.93. The summed E-state index contributed by atoms with van der Waals surface area (Å²) in [5.74, 6) is -3.08. The van der Waals surface area contributed by atoms with Crippen LogP contribution in [0.5, 0.6) is 5.75 Å². The Morgan fingerprint density at radius 1 is 1.11 bits per heavy atom. The van der Waals surface area contributed by atoms with Gasteiger partial charge < -0.3 is 9.47 Å². The van der Waals surface area contributed by atoms with Crippen LogP contribution in [-0.2, 0) is 14.3 Å². The number of rotatable bonds is 4. The number of hydrogen-bond acceptors (Lipinski definition) is 5. The summed E-state index contributed by atoms with van der Waals surface area (Å²) >= 11 is 3.41. The molecule has 0 fully saturated rings. The van der Waals surface area contributed by atoms with Gasteiger partial charge in [0.15, 0.2) is 5.78 Å². The van der Waals surface area contributed by atoms with Gasteiger partial charge in [0, 0.05) is 21.5 Å². The van der Waals surface area contributed by atoms with Crippen molar-refractivity contribution in [2.75, 3.05) is 7.11 Å². The molecule has 2 aromatic carbocycles. The molecule has 5 nitrogen and oxygen atoms in total. The highest BCUT2D eigenvalue weighted by atomic mass is 79.9. The van der Waals surface area contributed by atoms with Gasteiger partial charge in [0.1, 0.15) is 11.7 Å². The number of methoxy groups -OCH3 is 1. The van der Waals surface area contributed by atoms with Crippen LogP contribution in [0.1, 0.15) is 35.7 Å². The van der Waals surface area contributed by atoms with Crippen LogP contribution in [0.4, 0.5) is 0 Å². The molecule has 0 unspecified atom stereocenters. The van der Waals surface area contributed by atoms with Crippen LogP contribution >= 0.6 is 15.9 Å². The van der Waals surface area contributed by atoms with Crippen molar-refractivity contribution >= 4 is 33.7 Å². The summed E-state index contributed by atoms with van der Waals surface area (Å²) in [5.41, 5.74) is -0.115. The minimum atomic E-state index is -1.15. The van der Waals surface area contributed by atoms with Crippen molar-refractivity contribution in [3.63, 3.8) is 0 Å². The maximum absolute atomic E-state index is 13.2. The van der Waals surface area contributed by atoms with Crippen LogP contribution in [-0.4, -0.2) is 24.8 Å². The Morgan fingerprint density at radius 2 is 1.78 bits per heavy atom. The lowest BCUT2D eigenvalue weighted by Crippen LogP contribution is -2.46. The molecule has 1 aliphatic rings. The van der Waals surface area contributed by atoms with Crippen molar-refractivity contribution in [1.82, 2.24) is 0 Å². The van der Waals surface area contributed by atoms with Gasteiger partial charge in [-0.1, -0.05) is 46.3 Å². The summed E-state index contributed by atoms with van der Waals surface area (Å²) in [7, 11) is 1.29. The van der Waals surface area contributed by atoms with Crippen molar-refractivity contribution in [2.45, 2.75) is 19.8 Å². The first kappa shape index (κ1) is 19.3. The summed E-state index contributed by atoms with van der Waals surface area (Å²) in [6.07, 6.45) is 0. The van der Waals surface area contributed by atoms with Gasteiger partial charge >= 0.3 is 11.9 Å². The molecule has 0 amide bonds. The average Bonchev–Trinajstić information content (AvgIpc) is 2.66. The van der Waals surface area contributed by atoms with Crippen molar-refractivity contribution in [2.24, 2.45) is 11.3 Å². The molecule has 140 valence electrons. The van der Waals surface area contributed by atoms with Gasteiger partial charge in [-0.3, -0.25) is 14.4 Å². The number of esters is 2. The van der Waals surface area contributed by atoms with Crippen LogP contribution in [0.3, 0.4) is 0 Å². The van der Waals surface area contributed by atoms with E-state index in [0.717, 1.165) is 4.47 Å². The van der Waals surface area contributed by atoms with Gasteiger partial charge in [0.05, 0.1) is 12.5 Å². The number of fused-ring (bicyclic) bond motifs is 1. The molecule has 0 radical (unpaired) electrons. The smallest absolute Gasteiger partial charge is 0.322 e. The number of Topliss-reactive ketones (excluding diaryl/α,β-unsaturated/α-hetero) is 1. The summed E-state index contributed by atoms with van der Waals surface area (Å²) in [6, 6.07) is 13.7. The van der Waals surface area contributed by atoms with E-state index < -0.39 is 29.2 Å². The first-order chi connectivity index (χ1) is 12.8. The van der Waals surface area contributed by atoms with Gasteiger partial charge in [-0.15, -0.1) is 0 Å². The summed E-state index contributed by atoms with van der Waals surface area (Å²) in [4.78, 5) is 38.6.